The Hall–Kier alpha value is -1.51. The zero-order valence-electron chi connectivity index (χ0n) is 11.5. The van der Waals surface area contributed by atoms with Crippen molar-refractivity contribution in [3.8, 4) is 5.75 Å². The third kappa shape index (κ3) is 2.67. The van der Waals surface area contributed by atoms with E-state index in [0.717, 1.165) is 29.4 Å². The molecule has 20 heavy (non-hydrogen) atoms. The first-order chi connectivity index (χ1) is 9.75. The Bertz CT molecular complexity index is 599. The van der Waals surface area contributed by atoms with Crippen molar-refractivity contribution in [2.24, 2.45) is 0 Å². The van der Waals surface area contributed by atoms with E-state index in [0.29, 0.717) is 6.04 Å². The number of para-hydroxylation sites is 1. The van der Waals surface area contributed by atoms with Crippen LogP contribution in [-0.4, -0.2) is 6.61 Å². The van der Waals surface area contributed by atoms with Gasteiger partial charge in [0.1, 0.15) is 5.75 Å². The predicted octanol–water partition coefficient (Wildman–Crippen LogP) is 4.51. The lowest BCUT2D eigenvalue weighted by Crippen LogP contribution is -2.29. The van der Waals surface area contributed by atoms with Gasteiger partial charge in [-0.1, -0.05) is 48.0 Å². The van der Waals surface area contributed by atoms with Crippen LogP contribution < -0.4 is 10.1 Å². The molecule has 0 saturated carbocycles. The summed E-state index contributed by atoms with van der Waals surface area (Å²) >= 11 is 6.27. The van der Waals surface area contributed by atoms with E-state index in [2.05, 4.69) is 30.4 Å². The monoisotopic (exact) mass is 287 g/mol. The molecule has 1 aliphatic rings. The maximum absolute atomic E-state index is 6.27. The molecule has 1 aliphatic heterocycles. The van der Waals surface area contributed by atoms with E-state index in [9.17, 15) is 0 Å². The van der Waals surface area contributed by atoms with Crippen LogP contribution in [0.25, 0.3) is 0 Å². The molecule has 0 spiro atoms. The molecule has 0 amide bonds. The lowest BCUT2D eigenvalue weighted by molar-refractivity contribution is 0.246. The van der Waals surface area contributed by atoms with Crippen molar-refractivity contribution in [2.45, 2.75) is 25.4 Å². The predicted molar refractivity (Wildman–Crippen MR) is 82.3 cm³/mol. The molecule has 2 aromatic carbocycles. The van der Waals surface area contributed by atoms with Crippen LogP contribution in [0.1, 0.15) is 36.6 Å². The van der Waals surface area contributed by atoms with E-state index in [1.54, 1.807) is 0 Å². The summed E-state index contributed by atoms with van der Waals surface area (Å²) in [5.41, 5.74) is 2.37. The summed E-state index contributed by atoms with van der Waals surface area (Å²) in [6.45, 7) is 2.91. The van der Waals surface area contributed by atoms with Gasteiger partial charge in [0, 0.05) is 29.1 Å². The molecule has 1 heterocycles. The summed E-state index contributed by atoms with van der Waals surface area (Å²) in [5.74, 6) is 0.989. The number of hydrogen-bond acceptors (Lipinski definition) is 2. The molecule has 0 saturated heterocycles. The van der Waals surface area contributed by atoms with Crippen molar-refractivity contribution in [3.63, 3.8) is 0 Å². The Balaban J connectivity index is 1.81. The van der Waals surface area contributed by atoms with Gasteiger partial charge in [0.05, 0.1) is 6.61 Å². The number of nitrogens with one attached hydrogen (secondary N) is 1. The first-order valence-corrected chi connectivity index (χ1v) is 7.35. The van der Waals surface area contributed by atoms with Crippen LogP contribution in [0.2, 0.25) is 5.02 Å². The maximum atomic E-state index is 6.27. The molecule has 0 fully saturated rings. The molecule has 1 unspecified atom stereocenters. The van der Waals surface area contributed by atoms with Gasteiger partial charge in [-0.3, -0.25) is 0 Å². The fraction of sp³-hybridized carbons (Fsp3) is 0.294. The van der Waals surface area contributed by atoms with Gasteiger partial charge < -0.3 is 10.1 Å². The Kier molecular flexibility index (Phi) is 3.95. The molecule has 1 N–H and O–H groups in total. The summed E-state index contributed by atoms with van der Waals surface area (Å²) in [6, 6.07) is 16.7. The average Bonchev–Trinajstić information content (AvgIpc) is 2.48. The van der Waals surface area contributed by atoms with Crippen LogP contribution in [-0.2, 0) is 0 Å². The zero-order chi connectivity index (χ0) is 13.9. The smallest absolute Gasteiger partial charge is 0.124 e. The van der Waals surface area contributed by atoms with Gasteiger partial charge in [-0.2, -0.15) is 0 Å². The topological polar surface area (TPSA) is 21.3 Å². The molecule has 104 valence electrons. The third-order valence-electron chi connectivity index (χ3n) is 3.78. The van der Waals surface area contributed by atoms with E-state index in [-0.39, 0.29) is 6.04 Å². The summed E-state index contributed by atoms with van der Waals surface area (Å²) in [7, 11) is 0. The van der Waals surface area contributed by atoms with Gasteiger partial charge in [-0.15, -0.1) is 0 Å². The highest BCUT2D eigenvalue weighted by atomic mass is 35.5. The van der Waals surface area contributed by atoms with E-state index < -0.39 is 0 Å². The molecule has 0 bridgehead atoms. The van der Waals surface area contributed by atoms with Crippen LogP contribution in [0, 0.1) is 0 Å². The minimum absolute atomic E-state index is 0.208. The van der Waals surface area contributed by atoms with Gasteiger partial charge >= 0.3 is 0 Å². The van der Waals surface area contributed by atoms with Gasteiger partial charge in [0.15, 0.2) is 0 Å². The van der Waals surface area contributed by atoms with Crippen molar-refractivity contribution in [2.75, 3.05) is 6.61 Å². The van der Waals surface area contributed by atoms with Crippen LogP contribution in [0.15, 0.2) is 48.5 Å². The SMILES string of the molecule is C[C@H](NC1CCOc2ccccc21)c1ccccc1Cl. The molecule has 3 heteroatoms. The summed E-state index contributed by atoms with van der Waals surface area (Å²) in [6.07, 6.45) is 0.978. The largest absolute Gasteiger partial charge is 0.493 e. The molecule has 2 aromatic rings. The normalized spacial score (nSPS) is 19.0. The maximum Gasteiger partial charge on any atom is 0.124 e. The molecular formula is C17H18ClNO. The van der Waals surface area contributed by atoms with Crippen LogP contribution in [0.3, 0.4) is 0 Å². The second-order valence-electron chi connectivity index (χ2n) is 5.14. The molecule has 2 atom stereocenters. The van der Waals surface area contributed by atoms with Crippen molar-refractivity contribution in [1.82, 2.24) is 5.32 Å². The molecule has 0 aliphatic carbocycles. The first-order valence-electron chi connectivity index (χ1n) is 6.98. The fourth-order valence-corrected chi connectivity index (χ4v) is 3.03. The van der Waals surface area contributed by atoms with E-state index in [1.807, 2.05) is 30.3 Å². The molecule has 2 nitrogen and oxygen atoms in total. The number of benzene rings is 2. The lowest BCUT2D eigenvalue weighted by Gasteiger charge is -2.29. The van der Waals surface area contributed by atoms with Crippen molar-refractivity contribution < 1.29 is 4.74 Å². The average molecular weight is 288 g/mol. The highest BCUT2D eigenvalue weighted by Gasteiger charge is 2.23. The van der Waals surface area contributed by atoms with Gasteiger partial charge in [0.2, 0.25) is 0 Å². The zero-order valence-corrected chi connectivity index (χ0v) is 12.2. The van der Waals surface area contributed by atoms with Crippen molar-refractivity contribution >= 4 is 11.6 Å². The second kappa shape index (κ2) is 5.86. The quantitative estimate of drug-likeness (QED) is 0.896. The van der Waals surface area contributed by atoms with E-state index in [4.69, 9.17) is 16.3 Å². The van der Waals surface area contributed by atoms with Gasteiger partial charge in [-0.25, -0.2) is 0 Å². The van der Waals surface area contributed by atoms with Crippen molar-refractivity contribution in [3.05, 3.63) is 64.7 Å². The van der Waals surface area contributed by atoms with Crippen LogP contribution >= 0.6 is 11.6 Å². The summed E-state index contributed by atoms with van der Waals surface area (Å²) in [4.78, 5) is 0. The fourth-order valence-electron chi connectivity index (χ4n) is 2.73. The van der Waals surface area contributed by atoms with E-state index in [1.165, 1.54) is 5.56 Å². The Morgan fingerprint density at radius 2 is 1.90 bits per heavy atom. The van der Waals surface area contributed by atoms with E-state index >= 15 is 0 Å². The number of halogens is 1. The Morgan fingerprint density at radius 1 is 1.15 bits per heavy atom. The highest BCUT2D eigenvalue weighted by Crippen LogP contribution is 2.34. The van der Waals surface area contributed by atoms with Gasteiger partial charge in [0.25, 0.3) is 0 Å². The molecule has 0 radical (unpaired) electrons. The minimum Gasteiger partial charge on any atom is -0.493 e. The molecule has 3 rings (SSSR count). The standard InChI is InChI=1S/C17H18ClNO/c1-12(13-6-2-4-8-15(13)18)19-16-10-11-20-17-9-5-3-7-14(16)17/h2-9,12,16,19H,10-11H2,1H3/t12-,16?/m0/s1. The Morgan fingerprint density at radius 3 is 2.75 bits per heavy atom. The lowest BCUT2D eigenvalue weighted by atomic mass is 9.98. The second-order valence-corrected chi connectivity index (χ2v) is 5.54. The van der Waals surface area contributed by atoms with Crippen molar-refractivity contribution in [1.29, 1.82) is 0 Å². The summed E-state index contributed by atoms with van der Waals surface area (Å²) in [5, 5.41) is 4.48. The molecular weight excluding hydrogens is 270 g/mol. The number of fused-ring (bicyclic) bond motifs is 1. The summed E-state index contributed by atoms with van der Waals surface area (Å²) < 4.78 is 5.70. The number of ether oxygens (including phenoxy) is 1. The van der Waals surface area contributed by atoms with Crippen LogP contribution in [0.4, 0.5) is 0 Å². The van der Waals surface area contributed by atoms with Gasteiger partial charge in [-0.05, 0) is 24.6 Å². The highest BCUT2D eigenvalue weighted by molar-refractivity contribution is 6.31. The van der Waals surface area contributed by atoms with Crippen LogP contribution in [0.5, 0.6) is 5.75 Å². The minimum atomic E-state index is 0.208. The number of rotatable bonds is 3. The first kappa shape index (κ1) is 13.5. The molecule has 0 aromatic heterocycles. The number of hydrogen-bond donors (Lipinski definition) is 1. The third-order valence-corrected chi connectivity index (χ3v) is 4.13. The Labute approximate surface area is 124 Å².